The Kier molecular flexibility index (Phi) is 6.00. The van der Waals surface area contributed by atoms with E-state index in [-0.39, 0.29) is 5.91 Å². The van der Waals surface area contributed by atoms with Crippen LogP contribution in [0, 0.1) is 0 Å². The summed E-state index contributed by atoms with van der Waals surface area (Å²) in [7, 11) is 0. The number of carbonyl (C=O) groups excluding carboxylic acids is 1. The molecule has 0 N–H and O–H groups in total. The molecule has 2 aliphatic rings. The molecule has 7 heteroatoms. The molecule has 1 amide bonds. The Balaban J connectivity index is 1.36. The minimum atomic E-state index is -0.186. The van der Waals surface area contributed by atoms with Crippen molar-refractivity contribution < 1.29 is 14.3 Å². The maximum atomic E-state index is 12.2. The number of hydrogen-bond acceptors (Lipinski definition) is 5. The molecule has 0 aromatic heterocycles. The van der Waals surface area contributed by atoms with Crippen LogP contribution >= 0.6 is 23.4 Å². The highest BCUT2D eigenvalue weighted by Crippen LogP contribution is 2.30. The van der Waals surface area contributed by atoms with Gasteiger partial charge in [-0.25, -0.2) is 0 Å². The molecular formula is C21H19ClN2O3S. The third-order valence-electron chi connectivity index (χ3n) is 4.39. The van der Waals surface area contributed by atoms with Crippen molar-refractivity contribution in [1.29, 1.82) is 0 Å². The number of benzene rings is 2. The average molecular weight is 415 g/mol. The highest BCUT2D eigenvalue weighted by atomic mass is 35.5. The van der Waals surface area contributed by atoms with Gasteiger partial charge in [0.25, 0.3) is 5.91 Å². The summed E-state index contributed by atoms with van der Waals surface area (Å²) in [5.74, 6) is 0.585. The van der Waals surface area contributed by atoms with Crippen LogP contribution in [0.5, 0.6) is 5.75 Å². The maximum Gasteiger partial charge on any atom is 0.286 e. The lowest BCUT2D eigenvalue weighted by Gasteiger charge is -2.27. The Bertz CT molecular complexity index is 904. The molecule has 0 radical (unpaired) electrons. The zero-order valence-corrected chi connectivity index (χ0v) is 16.7. The molecule has 28 heavy (non-hydrogen) atoms. The number of ether oxygens (including phenoxy) is 2. The smallest absolute Gasteiger partial charge is 0.286 e. The first-order valence-corrected chi connectivity index (χ1v) is 10.2. The van der Waals surface area contributed by atoms with E-state index >= 15 is 0 Å². The van der Waals surface area contributed by atoms with Gasteiger partial charge in [-0.1, -0.05) is 35.9 Å². The lowest BCUT2D eigenvalue weighted by atomic mass is 10.2. The van der Waals surface area contributed by atoms with Crippen LogP contribution in [0.3, 0.4) is 0 Å². The average Bonchev–Trinajstić information content (AvgIpc) is 3.10. The van der Waals surface area contributed by atoms with Crippen LogP contribution in [-0.4, -0.2) is 42.3 Å². The third kappa shape index (κ3) is 4.76. The first-order chi connectivity index (χ1) is 13.7. The molecule has 5 nitrogen and oxygen atoms in total. The summed E-state index contributed by atoms with van der Waals surface area (Å²) in [6, 6.07) is 15.2. The van der Waals surface area contributed by atoms with Crippen LogP contribution < -0.4 is 4.74 Å². The summed E-state index contributed by atoms with van der Waals surface area (Å²) in [5.41, 5.74) is 1.99. The van der Waals surface area contributed by atoms with Gasteiger partial charge in [0.1, 0.15) is 12.4 Å². The van der Waals surface area contributed by atoms with Gasteiger partial charge in [0.2, 0.25) is 0 Å². The van der Waals surface area contributed by atoms with E-state index in [0.29, 0.717) is 29.7 Å². The highest BCUT2D eigenvalue weighted by molar-refractivity contribution is 8.18. The van der Waals surface area contributed by atoms with Crippen molar-refractivity contribution in [3.8, 4) is 5.75 Å². The number of thioether (sulfide) groups is 1. The number of rotatable bonds is 4. The minimum Gasteiger partial charge on any atom is -0.489 e. The van der Waals surface area contributed by atoms with Gasteiger partial charge in [0, 0.05) is 18.1 Å². The molecule has 2 aromatic rings. The normalized spacial score (nSPS) is 18.5. The van der Waals surface area contributed by atoms with Gasteiger partial charge in [0.15, 0.2) is 5.17 Å². The fourth-order valence-corrected chi connectivity index (χ4v) is 3.94. The molecule has 0 aliphatic carbocycles. The Morgan fingerprint density at radius 3 is 2.54 bits per heavy atom. The quantitative estimate of drug-likeness (QED) is 0.701. The fraction of sp³-hybridized carbons (Fsp3) is 0.238. The van der Waals surface area contributed by atoms with Crippen LogP contribution in [0.15, 0.2) is 58.4 Å². The second-order valence-corrected chi connectivity index (χ2v) is 7.84. The van der Waals surface area contributed by atoms with Crippen LogP contribution in [0.25, 0.3) is 6.08 Å². The van der Waals surface area contributed by atoms with Crippen LogP contribution in [0.4, 0.5) is 0 Å². The summed E-state index contributed by atoms with van der Waals surface area (Å²) >= 11 is 7.31. The van der Waals surface area contributed by atoms with Crippen molar-refractivity contribution in [3.63, 3.8) is 0 Å². The highest BCUT2D eigenvalue weighted by Gasteiger charge is 2.27. The van der Waals surface area contributed by atoms with Gasteiger partial charge in [-0.3, -0.25) is 4.79 Å². The maximum absolute atomic E-state index is 12.2. The summed E-state index contributed by atoms with van der Waals surface area (Å²) in [5, 5.41) is 1.48. The SMILES string of the molecule is O=C1N=C(N2CCOCC2)S/C1=C/c1ccc(OCc2ccc(Cl)cc2)cc1. The van der Waals surface area contributed by atoms with E-state index in [0.717, 1.165) is 35.1 Å². The zero-order valence-electron chi connectivity index (χ0n) is 15.1. The second-order valence-electron chi connectivity index (χ2n) is 6.39. The third-order valence-corrected chi connectivity index (χ3v) is 5.68. The monoisotopic (exact) mass is 414 g/mol. The molecule has 1 saturated heterocycles. The minimum absolute atomic E-state index is 0.186. The van der Waals surface area contributed by atoms with E-state index < -0.39 is 0 Å². The Hall–Kier alpha value is -2.28. The number of nitrogens with zero attached hydrogens (tertiary/aromatic N) is 2. The summed E-state index contributed by atoms with van der Waals surface area (Å²) < 4.78 is 11.1. The largest absolute Gasteiger partial charge is 0.489 e. The molecule has 0 atom stereocenters. The van der Waals surface area contributed by atoms with E-state index in [4.69, 9.17) is 21.1 Å². The number of halogens is 1. The van der Waals surface area contributed by atoms with E-state index in [1.165, 1.54) is 11.8 Å². The molecule has 2 aliphatic heterocycles. The van der Waals surface area contributed by atoms with Gasteiger partial charge in [-0.05, 0) is 53.2 Å². The first kappa shape index (κ1) is 19.1. The Labute approximate surface area is 173 Å². The second kappa shape index (κ2) is 8.82. The van der Waals surface area contributed by atoms with E-state index in [1.54, 1.807) is 0 Å². The van der Waals surface area contributed by atoms with Crippen molar-refractivity contribution in [2.75, 3.05) is 26.3 Å². The van der Waals surface area contributed by atoms with Crippen LogP contribution in [-0.2, 0) is 16.1 Å². The summed E-state index contributed by atoms with van der Waals surface area (Å²) in [4.78, 5) is 19.1. The van der Waals surface area contributed by atoms with Crippen molar-refractivity contribution in [3.05, 3.63) is 69.6 Å². The molecule has 2 aromatic carbocycles. The van der Waals surface area contributed by atoms with Crippen molar-refractivity contribution in [2.45, 2.75) is 6.61 Å². The molecule has 4 rings (SSSR count). The lowest BCUT2D eigenvalue weighted by molar-refractivity contribution is -0.113. The van der Waals surface area contributed by atoms with Crippen LogP contribution in [0.1, 0.15) is 11.1 Å². The summed E-state index contributed by atoms with van der Waals surface area (Å²) in [6.07, 6.45) is 1.87. The molecule has 0 saturated carbocycles. The van der Waals surface area contributed by atoms with E-state index in [2.05, 4.69) is 9.89 Å². The van der Waals surface area contributed by atoms with Gasteiger partial charge in [-0.15, -0.1) is 0 Å². The van der Waals surface area contributed by atoms with Gasteiger partial charge in [0.05, 0.1) is 18.1 Å². The molecule has 0 bridgehead atoms. The standard InChI is InChI=1S/C21H19ClN2O3S/c22-17-5-1-16(2-6-17)14-27-18-7-3-15(4-8-18)13-19-20(25)23-21(28-19)24-9-11-26-12-10-24/h1-8,13H,9-12,14H2/b19-13+. The molecule has 2 heterocycles. The molecule has 144 valence electrons. The van der Waals surface area contributed by atoms with Crippen molar-refractivity contribution >= 4 is 40.5 Å². The van der Waals surface area contributed by atoms with Gasteiger partial charge < -0.3 is 14.4 Å². The predicted octanol–water partition coefficient (Wildman–Crippen LogP) is 4.22. The molecule has 0 spiro atoms. The Morgan fingerprint density at radius 2 is 1.82 bits per heavy atom. The fourth-order valence-electron chi connectivity index (χ4n) is 2.85. The summed E-state index contributed by atoms with van der Waals surface area (Å²) in [6.45, 7) is 3.36. The Morgan fingerprint density at radius 1 is 1.11 bits per heavy atom. The first-order valence-electron chi connectivity index (χ1n) is 9.00. The predicted molar refractivity (Wildman–Crippen MR) is 113 cm³/mol. The number of aliphatic imine (C=N–C) groups is 1. The van der Waals surface area contributed by atoms with Crippen molar-refractivity contribution in [1.82, 2.24) is 4.90 Å². The van der Waals surface area contributed by atoms with Gasteiger partial charge in [-0.2, -0.15) is 4.99 Å². The number of carbonyl (C=O) groups is 1. The number of amidine groups is 1. The number of amides is 1. The van der Waals surface area contributed by atoms with Crippen molar-refractivity contribution in [2.24, 2.45) is 4.99 Å². The zero-order chi connectivity index (χ0) is 19.3. The molecular weight excluding hydrogens is 396 g/mol. The van der Waals surface area contributed by atoms with E-state index in [9.17, 15) is 4.79 Å². The van der Waals surface area contributed by atoms with Crippen LogP contribution in [0.2, 0.25) is 5.02 Å². The molecule has 1 fully saturated rings. The van der Waals surface area contributed by atoms with Gasteiger partial charge >= 0.3 is 0 Å². The van der Waals surface area contributed by atoms with E-state index in [1.807, 2.05) is 54.6 Å². The molecule has 0 unspecified atom stereocenters. The topological polar surface area (TPSA) is 51.1 Å². The number of morpholine rings is 1. The lowest BCUT2D eigenvalue weighted by Crippen LogP contribution is -2.38. The number of hydrogen-bond donors (Lipinski definition) is 0.